The monoisotopic (exact) mass is 474 g/mol. The van der Waals surface area contributed by atoms with Crippen molar-refractivity contribution in [1.29, 1.82) is 0 Å². The van der Waals surface area contributed by atoms with Gasteiger partial charge in [-0.3, -0.25) is 4.90 Å². The van der Waals surface area contributed by atoms with Gasteiger partial charge in [-0.25, -0.2) is 4.39 Å². The molecule has 1 heterocycles. The quantitative estimate of drug-likeness (QED) is 0.467. The molecule has 0 amide bonds. The third-order valence-electron chi connectivity index (χ3n) is 6.69. The Morgan fingerprint density at radius 1 is 1.03 bits per heavy atom. The summed E-state index contributed by atoms with van der Waals surface area (Å²) in [5.74, 6) is 0. The van der Waals surface area contributed by atoms with Gasteiger partial charge in [-0.15, -0.1) is 4.91 Å². The van der Waals surface area contributed by atoms with E-state index in [-0.39, 0.29) is 5.69 Å². The first-order valence-corrected chi connectivity index (χ1v) is 12.2. The fourth-order valence-corrected chi connectivity index (χ4v) is 4.84. The molecule has 0 spiro atoms. The zero-order valence-corrected chi connectivity index (χ0v) is 19.6. The highest BCUT2D eigenvalue weighted by Crippen LogP contribution is 2.28. The molecule has 6 nitrogen and oxygen atoms in total. The summed E-state index contributed by atoms with van der Waals surface area (Å²) in [6, 6.07) is 13.5. The van der Waals surface area contributed by atoms with Gasteiger partial charge in [-0.2, -0.15) is 0 Å². The normalized spacial score (nSPS) is 21.7. The van der Waals surface area contributed by atoms with Gasteiger partial charge in [0.15, 0.2) is 0 Å². The molecule has 2 fully saturated rings. The van der Waals surface area contributed by atoms with E-state index in [0.717, 1.165) is 75.7 Å². The Bertz CT molecular complexity index is 898. The maximum Gasteiger partial charge on any atom is 0.117 e. The molecule has 1 aliphatic heterocycles. The van der Waals surface area contributed by atoms with Crippen molar-refractivity contribution in [1.82, 2.24) is 4.90 Å². The van der Waals surface area contributed by atoms with E-state index in [1.165, 1.54) is 5.69 Å². The summed E-state index contributed by atoms with van der Waals surface area (Å²) in [4.78, 5) is 15.6. The van der Waals surface area contributed by atoms with Crippen LogP contribution in [-0.2, 0) is 11.4 Å². The molecule has 178 valence electrons. The van der Waals surface area contributed by atoms with Crippen LogP contribution in [0.15, 0.2) is 47.6 Å². The number of anilines is 2. The minimum absolute atomic E-state index is 0.173. The fourth-order valence-electron chi connectivity index (χ4n) is 4.71. The number of rotatable bonds is 9. The lowest BCUT2D eigenvalue weighted by atomic mass is 9.92. The van der Waals surface area contributed by atoms with Gasteiger partial charge in [0.2, 0.25) is 0 Å². The van der Waals surface area contributed by atoms with E-state index in [0.29, 0.717) is 17.7 Å². The van der Waals surface area contributed by atoms with E-state index < -0.39 is 6.67 Å². The van der Waals surface area contributed by atoms with Gasteiger partial charge in [-0.05, 0) is 73.3 Å². The molecular weight excluding hydrogens is 443 g/mol. The largest absolute Gasteiger partial charge is 0.382 e. The van der Waals surface area contributed by atoms with Crippen molar-refractivity contribution in [3.8, 4) is 0 Å². The van der Waals surface area contributed by atoms with E-state index in [1.807, 2.05) is 12.1 Å². The van der Waals surface area contributed by atoms with Crippen LogP contribution in [0.3, 0.4) is 0 Å². The average Bonchev–Trinajstić information content (AvgIpc) is 2.86. The number of nitroso groups, excluding NO2 is 1. The predicted molar refractivity (Wildman–Crippen MR) is 132 cm³/mol. The highest BCUT2D eigenvalue weighted by Gasteiger charge is 2.23. The molecule has 33 heavy (non-hydrogen) atoms. The molecule has 8 heteroatoms. The minimum atomic E-state index is -0.687. The Kier molecular flexibility index (Phi) is 8.53. The van der Waals surface area contributed by atoms with Crippen LogP contribution in [0, 0.1) is 4.91 Å². The van der Waals surface area contributed by atoms with Crippen LogP contribution < -0.4 is 10.2 Å². The van der Waals surface area contributed by atoms with E-state index in [2.05, 4.69) is 32.4 Å². The summed E-state index contributed by atoms with van der Waals surface area (Å²) in [6.07, 6.45) is 4.38. The number of piperazine rings is 1. The van der Waals surface area contributed by atoms with Gasteiger partial charge in [-0.1, -0.05) is 11.6 Å². The number of hydrogen-bond donors (Lipinski definition) is 1. The molecule has 1 aliphatic carbocycles. The number of benzene rings is 2. The third-order valence-corrected chi connectivity index (χ3v) is 6.94. The van der Waals surface area contributed by atoms with Gasteiger partial charge < -0.3 is 15.0 Å². The number of nitrogens with zero attached hydrogens (tertiary/aromatic N) is 3. The van der Waals surface area contributed by atoms with Crippen molar-refractivity contribution in [3.05, 3.63) is 58.0 Å². The van der Waals surface area contributed by atoms with Crippen molar-refractivity contribution < 1.29 is 9.13 Å². The van der Waals surface area contributed by atoms with Gasteiger partial charge in [0.05, 0.1) is 12.7 Å². The molecule has 0 bridgehead atoms. The van der Waals surface area contributed by atoms with Crippen molar-refractivity contribution in [2.24, 2.45) is 5.18 Å². The van der Waals surface area contributed by atoms with Crippen LogP contribution in [0.5, 0.6) is 0 Å². The van der Waals surface area contributed by atoms with Crippen molar-refractivity contribution in [2.45, 2.75) is 44.5 Å². The van der Waals surface area contributed by atoms with Crippen LogP contribution >= 0.6 is 11.6 Å². The molecule has 0 unspecified atom stereocenters. The van der Waals surface area contributed by atoms with Crippen molar-refractivity contribution >= 4 is 28.7 Å². The van der Waals surface area contributed by atoms with Gasteiger partial charge in [0.25, 0.3) is 0 Å². The SMILES string of the molecule is O=Nc1ccc(NC2CCC(OCCN3CCN(c4ccc(Cl)cc4)CC3)CC2)cc1CF. The van der Waals surface area contributed by atoms with Crippen LogP contribution in [-0.4, -0.2) is 56.4 Å². The number of nitrogens with one attached hydrogen (secondary N) is 1. The first-order valence-electron chi connectivity index (χ1n) is 11.8. The molecule has 2 aromatic rings. The first-order chi connectivity index (χ1) is 16.1. The van der Waals surface area contributed by atoms with E-state index in [9.17, 15) is 9.30 Å². The Balaban J connectivity index is 1.12. The average molecular weight is 475 g/mol. The van der Waals surface area contributed by atoms with Gasteiger partial charge in [0, 0.05) is 60.7 Å². The topological polar surface area (TPSA) is 57.2 Å². The molecule has 2 aliphatic rings. The van der Waals surface area contributed by atoms with Crippen LogP contribution in [0.2, 0.25) is 5.02 Å². The van der Waals surface area contributed by atoms with Gasteiger partial charge in [0.1, 0.15) is 12.4 Å². The van der Waals surface area contributed by atoms with Crippen molar-refractivity contribution in [3.63, 3.8) is 0 Å². The highest BCUT2D eigenvalue weighted by molar-refractivity contribution is 6.30. The Labute approximate surface area is 200 Å². The van der Waals surface area contributed by atoms with E-state index >= 15 is 0 Å². The maximum absolute atomic E-state index is 13.1. The number of alkyl halides is 1. The standard InChI is InChI=1S/C25H32ClFN4O2/c26-20-1-6-23(7-2-20)31-13-11-30(12-14-31)15-16-33-24-8-3-21(4-9-24)28-22-5-10-25(29-32)19(17-22)18-27/h1-2,5-7,10,17,21,24,28H,3-4,8-9,11-16,18H2. The number of halogens is 2. The molecular formula is C25H32ClFN4O2. The lowest BCUT2D eigenvalue weighted by Gasteiger charge is -2.36. The predicted octanol–water partition coefficient (Wildman–Crippen LogP) is 5.77. The molecule has 1 N–H and O–H groups in total. The number of ether oxygens (including phenoxy) is 1. The number of hydrogen-bond acceptors (Lipinski definition) is 6. The van der Waals surface area contributed by atoms with Crippen LogP contribution in [0.4, 0.5) is 21.5 Å². The second-order valence-electron chi connectivity index (χ2n) is 8.86. The van der Waals surface area contributed by atoms with Gasteiger partial charge >= 0.3 is 0 Å². The van der Waals surface area contributed by atoms with Crippen molar-refractivity contribution in [2.75, 3.05) is 49.5 Å². The lowest BCUT2D eigenvalue weighted by Crippen LogP contribution is -2.47. The smallest absolute Gasteiger partial charge is 0.117 e. The Morgan fingerprint density at radius 3 is 2.42 bits per heavy atom. The maximum atomic E-state index is 13.1. The summed E-state index contributed by atoms with van der Waals surface area (Å²) in [7, 11) is 0. The third kappa shape index (κ3) is 6.65. The molecule has 0 radical (unpaired) electrons. The molecule has 1 saturated carbocycles. The molecule has 2 aromatic carbocycles. The summed E-state index contributed by atoms with van der Waals surface area (Å²) in [6.45, 7) is 5.18. The summed E-state index contributed by atoms with van der Waals surface area (Å²) < 4.78 is 19.3. The molecule has 1 saturated heterocycles. The first kappa shape index (κ1) is 23.9. The minimum Gasteiger partial charge on any atom is -0.382 e. The van der Waals surface area contributed by atoms with Crippen LogP contribution in [0.1, 0.15) is 31.2 Å². The van der Waals surface area contributed by atoms with Crippen LogP contribution in [0.25, 0.3) is 0 Å². The molecule has 4 rings (SSSR count). The second-order valence-corrected chi connectivity index (χ2v) is 9.30. The molecule has 0 aromatic heterocycles. The summed E-state index contributed by atoms with van der Waals surface area (Å²) in [5.41, 5.74) is 2.59. The zero-order valence-electron chi connectivity index (χ0n) is 18.9. The second kappa shape index (κ2) is 11.8. The molecule has 0 atom stereocenters. The fraction of sp³-hybridized carbons (Fsp3) is 0.520. The summed E-state index contributed by atoms with van der Waals surface area (Å²) in [5, 5.41) is 7.12. The summed E-state index contributed by atoms with van der Waals surface area (Å²) >= 11 is 5.99. The lowest BCUT2D eigenvalue weighted by molar-refractivity contribution is 0.0139. The van der Waals surface area contributed by atoms with E-state index in [1.54, 1.807) is 18.2 Å². The zero-order chi connectivity index (χ0) is 23.0. The Hall–Kier alpha value is -2.22. The highest BCUT2D eigenvalue weighted by atomic mass is 35.5. The Morgan fingerprint density at radius 2 is 1.76 bits per heavy atom. The van der Waals surface area contributed by atoms with E-state index in [4.69, 9.17) is 16.3 Å².